The molecule has 158 valence electrons. The first-order chi connectivity index (χ1) is 15.5. The molecule has 32 heavy (non-hydrogen) atoms. The standard InChI is InChI=1S/C25H19N3O3S/c1-14-10-12-17(13-11-14)22(29)20-21(19-9-5-7-16-6-3-4-8-18(16)19)28(24(31)23(20)30)25-27-26-15(2)32-25/h3-13,21,29H,1-2H3/t21-/m1/s1. The number of carbonyl (C=O) groups excluding carboxylic acids is 2. The van der Waals surface area contributed by atoms with E-state index in [-0.39, 0.29) is 11.3 Å². The molecule has 6 nitrogen and oxygen atoms in total. The Hall–Kier alpha value is -3.84. The van der Waals surface area contributed by atoms with Crippen molar-refractivity contribution in [1.29, 1.82) is 0 Å². The molecule has 4 aromatic rings. The van der Waals surface area contributed by atoms with Crippen molar-refractivity contribution < 1.29 is 14.7 Å². The van der Waals surface area contributed by atoms with E-state index in [0.29, 0.717) is 15.7 Å². The van der Waals surface area contributed by atoms with Crippen molar-refractivity contribution in [3.8, 4) is 0 Å². The van der Waals surface area contributed by atoms with Crippen LogP contribution in [0.4, 0.5) is 5.13 Å². The first-order valence-electron chi connectivity index (χ1n) is 10.1. The average Bonchev–Trinajstić information content (AvgIpc) is 3.34. The third kappa shape index (κ3) is 3.18. The van der Waals surface area contributed by atoms with Gasteiger partial charge in [-0.25, -0.2) is 0 Å². The molecule has 1 saturated heterocycles. The monoisotopic (exact) mass is 441 g/mol. The Morgan fingerprint density at radius 2 is 1.66 bits per heavy atom. The highest BCUT2D eigenvalue weighted by Crippen LogP contribution is 2.44. The molecule has 1 fully saturated rings. The second kappa shape index (κ2) is 7.69. The minimum atomic E-state index is -0.824. The van der Waals surface area contributed by atoms with Gasteiger partial charge >= 0.3 is 5.91 Å². The third-order valence-corrected chi connectivity index (χ3v) is 6.45. The van der Waals surface area contributed by atoms with E-state index in [0.717, 1.165) is 21.9 Å². The first-order valence-corrected chi connectivity index (χ1v) is 10.9. The topological polar surface area (TPSA) is 83.4 Å². The Balaban J connectivity index is 1.80. The molecule has 0 bridgehead atoms. The van der Waals surface area contributed by atoms with Crippen molar-refractivity contribution in [2.75, 3.05) is 4.90 Å². The Morgan fingerprint density at radius 3 is 2.38 bits per heavy atom. The molecule has 1 aliphatic heterocycles. The number of nitrogens with zero attached hydrogens (tertiary/aromatic N) is 3. The van der Waals surface area contributed by atoms with Gasteiger partial charge in [0.25, 0.3) is 5.78 Å². The highest BCUT2D eigenvalue weighted by Gasteiger charge is 2.48. The minimum Gasteiger partial charge on any atom is -0.507 e. The van der Waals surface area contributed by atoms with Gasteiger partial charge in [-0.1, -0.05) is 83.6 Å². The summed E-state index contributed by atoms with van der Waals surface area (Å²) in [6, 6.07) is 19.9. The second-order valence-corrected chi connectivity index (χ2v) is 8.87. The zero-order chi connectivity index (χ0) is 22.4. The van der Waals surface area contributed by atoms with Gasteiger partial charge < -0.3 is 5.11 Å². The van der Waals surface area contributed by atoms with Gasteiger partial charge in [0.2, 0.25) is 5.13 Å². The second-order valence-electron chi connectivity index (χ2n) is 7.71. The summed E-state index contributed by atoms with van der Waals surface area (Å²) >= 11 is 1.23. The number of fused-ring (bicyclic) bond motifs is 1. The predicted molar refractivity (Wildman–Crippen MR) is 125 cm³/mol. The molecule has 1 atom stereocenters. The number of aromatic nitrogens is 2. The highest BCUT2D eigenvalue weighted by molar-refractivity contribution is 7.15. The van der Waals surface area contributed by atoms with E-state index >= 15 is 0 Å². The fraction of sp³-hybridized carbons (Fsp3) is 0.120. The first kappa shape index (κ1) is 20.1. The van der Waals surface area contributed by atoms with Gasteiger partial charge in [-0.15, -0.1) is 10.2 Å². The zero-order valence-electron chi connectivity index (χ0n) is 17.4. The van der Waals surface area contributed by atoms with Gasteiger partial charge in [-0.05, 0) is 30.2 Å². The molecule has 0 aliphatic carbocycles. The third-order valence-electron chi connectivity index (χ3n) is 5.61. The Morgan fingerprint density at radius 1 is 0.938 bits per heavy atom. The number of aliphatic hydroxyl groups is 1. The molecule has 5 rings (SSSR count). The van der Waals surface area contributed by atoms with Crippen LogP contribution in [-0.2, 0) is 9.59 Å². The largest absolute Gasteiger partial charge is 0.507 e. The molecular weight excluding hydrogens is 422 g/mol. The number of rotatable bonds is 3. The summed E-state index contributed by atoms with van der Waals surface area (Å²) in [5.41, 5.74) is 2.29. The maximum atomic E-state index is 13.2. The molecule has 2 heterocycles. The SMILES string of the molecule is Cc1ccc(C(O)=C2C(=O)C(=O)N(c3nnc(C)s3)[C@@H]2c2cccc3ccccc23)cc1. The van der Waals surface area contributed by atoms with E-state index in [9.17, 15) is 14.7 Å². The number of ketones is 1. The maximum Gasteiger partial charge on any atom is 0.301 e. The van der Waals surface area contributed by atoms with Crippen LogP contribution >= 0.6 is 11.3 Å². The molecule has 3 aromatic carbocycles. The van der Waals surface area contributed by atoms with Crippen LogP contribution in [0.1, 0.15) is 27.7 Å². The molecule has 0 spiro atoms. The van der Waals surface area contributed by atoms with Gasteiger partial charge in [-0.3, -0.25) is 14.5 Å². The van der Waals surface area contributed by atoms with Crippen LogP contribution in [0.15, 0.2) is 72.3 Å². The molecule has 1 N–H and O–H groups in total. The van der Waals surface area contributed by atoms with Crippen LogP contribution in [0.25, 0.3) is 16.5 Å². The number of hydrogen-bond donors (Lipinski definition) is 1. The quantitative estimate of drug-likeness (QED) is 0.277. The van der Waals surface area contributed by atoms with Crippen LogP contribution < -0.4 is 4.90 Å². The van der Waals surface area contributed by atoms with E-state index in [2.05, 4.69) is 10.2 Å². The minimum absolute atomic E-state index is 0.0445. The lowest BCUT2D eigenvalue weighted by Crippen LogP contribution is -2.29. The fourth-order valence-corrected chi connectivity index (χ4v) is 4.78. The van der Waals surface area contributed by atoms with Crippen molar-refractivity contribution in [3.63, 3.8) is 0 Å². The number of amides is 1. The summed E-state index contributed by atoms with van der Waals surface area (Å²) in [5.74, 6) is -1.67. The van der Waals surface area contributed by atoms with Gasteiger partial charge in [0, 0.05) is 5.56 Å². The molecule has 0 radical (unpaired) electrons. The van der Waals surface area contributed by atoms with Crippen LogP contribution in [0, 0.1) is 13.8 Å². The number of Topliss-reactive ketones (excluding diaryl/α,β-unsaturated/α-hetero) is 1. The Kier molecular flexibility index (Phi) is 4.83. The molecule has 1 aromatic heterocycles. The Labute approximate surface area is 188 Å². The summed E-state index contributed by atoms with van der Waals surface area (Å²) < 4.78 is 0. The van der Waals surface area contributed by atoms with Crippen LogP contribution in [0.2, 0.25) is 0 Å². The fourth-order valence-electron chi connectivity index (χ4n) is 4.06. The molecule has 1 aliphatic rings. The maximum absolute atomic E-state index is 13.2. The number of anilines is 1. The normalized spacial score (nSPS) is 17.9. The predicted octanol–water partition coefficient (Wildman–Crippen LogP) is 4.93. The summed E-state index contributed by atoms with van der Waals surface area (Å²) in [7, 11) is 0. The molecular formula is C25H19N3O3S. The summed E-state index contributed by atoms with van der Waals surface area (Å²) in [5, 5.41) is 22.3. The molecule has 0 unspecified atom stereocenters. The van der Waals surface area contributed by atoms with E-state index in [1.54, 1.807) is 19.1 Å². The molecule has 7 heteroatoms. The van der Waals surface area contributed by atoms with Crippen LogP contribution in [-0.4, -0.2) is 27.0 Å². The smallest absolute Gasteiger partial charge is 0.301 e. The number of benzene rings is 3. The Bertz CT molecular complexity index is 1400. The lowest BCUT2D eigenvalue weighted by molar-refractivity contribution is -0.132. The van der Waals surface area contributed by atoms with E-state index in [1.807, 2.05) is 61.5 Å². The van der Waals surface area contributed by atoms with Crippen LogP contribution in [0.5, 0.6) is 0 Å². The van der Waals surface area contributed by atoms with Crippen LogP contribution in [0.3, 0.4) is 0 Å². The van der Waals surface area contributed by atoms with Crippen molar-refractivity contribution in [2.24, 2.45) is 0 Å². The lowest BCUT2D eigenvalue weighted by Gasteiger charge is -2.24. The number of aliphatic hydroxyl groups excluding tert-OH is 1. The van der Waals surface area contributed by atoms with Crippen molar-refractivity contribution in [3.05, 3.63) is 94.0 Å². The van der Waals surface area contributed by atoms with Gasteiger partial charge in [0.1, 0.15) is 10.8 Å². The highest BCUT2D eigenvalue weighted by atomic mass is 32.1. The van der Waals surface area contributed by atoms with E-state index in [1.165, 1.54) is 16.2 Å². The molecule has 1 amide bonds. The zero-order valence-corrected chi connectivity index (χ0v) is 18.3. The summed E-state index contributed by atoms with van der Waals surface area (Å²) in [6.45, 7) is 3.73. The lowest BCUT2D eigenvalue weighted by atomic mass is 9.91. The van der Waals surface area contributed by atoms with Gasteiger partial charge in [0.05, 0.1) is 11.6 Å². The number of hydrogen-bond acceptors (Lipinski definition) is 6. The average molecular weight is 442 g/mol. The van der Waals surface area contributed by atoms with E-state index in [4.69, 9.17) is 0 Å². The summed E-state index contributed by atoms with van der Waals surface area (Å²) in [4.78, 5) is 27.8. The van der Waals surface area contributed by atoms with Crippen molar-refractivity contribution >= 4 is 44.7 Å². The van der Waals surface area contributed by atoms with E-state index < -0.39 is 17.7 Å². The van der Waals surface area contributed by atoms with Crippen molar-refractivity contribution in [1.82, 2.24) is 10.2 Å². The molecule has 0 saturated carbocycles. The van der Waals surface area contributed by atoms with Gasteiger partial charge in [0.15, 0.2) is 0 Å². The summed E-state index contributed by atoms with van der Waals surface area (Å²) in [6.07, 6.45) is 0. The number of carbonyl (C=O) groups is 2. The number of aryl methyl sites for hydroxylation is 2. The van der Waals surface area contributed by atoms with Gasteiger partial charge in [-0.2, -0.15) is 0 Å². The van der Waals surface area contributed by atoms with Crippen molar-refractivity contribution in [2.45, 2.75) is 19.9 Å².